The second kappa shape index (κ2) is 28.8. The number of carboxylic acids is 2. The number of aliphatic carboxylic acids is 2. The van der Waals surface area contributed by atoms with E-state index in [9.17, 15) is 14.7 Å². The summed E-state index contributed by atoms with van der Waals surface area (Å²) in [7, 11) is 0. The van der Waals surface area contributed by atoms with E-state index in [0.717, 1.165) is 38.5 Å². The predicted molar refractivity (Wildman–Crippen MR) is 171 cm³/mol. The molecule has 0 unspecified atom stereocenters. The van der Waals surface area contributed by atoms with E-state index >= 15 is 0 Å². The highest BCUT2D eigenvalue weighted by atomic mass is 32.2. The van der Waals surface area contributed by atoms with E-state index in [1.54, 1.807) is 11.8 Å². The van der Waals surface area contributed by atoms with Gasteiger partial charge in [-0.05, 0) is 12.8 Å². The molecule has 0 bridgehead atoms. The smallest absolute Gasteiger partial charge is 0.304 e. The van der Waals surface area contributed by atoms with Crippen LogP contribution in [0.1, 0.15) is 194 Å². The van der Waals surface area contributed by atoms with Crippen LogP contribution in [0.25, 0.3) is 0 Å². The van der Waals surface area contributed by atoms with Crippen LogP contribution in [0, 0.1) is 0 Å². The average Bonchev–Trinajstić information content (AvgIpc) is 2.89. The van der Waals surface area contributed by atoms with Gasteiger partial charge in [0.1, 0.15) is 0 Å². The highest BCUT2D eigenvalue weighted by Crippen LogP contribution is 2.40. The molecule has 0 aromatic rings. The lowest BCUT2D eigenvalue weighted by Crippen LogP contribution is -2.29. The summed E-state index contributed by atoms with van der Waals surface area (Å²) < 4.78 is -0.307. The van der Waals surface area contributed by atoms with Gasteiger partial charge in [0.15, 0.2) is 0 Å². The van der Waals surface area contributed by atoms with E-state index < -0.39 is 11.9 Å². The summed E-state index contributed by atoms with van der Waals surface area (Å²) in [4.78, 5) is 22.9. The third kappa shape index (κ3) is 27.2. The van der Waals surface area contributed by atoms with E-state index in [4.69, 9.17) is 5.11 Å². The predicted octanol–water partition coefficient (Wildman–Crippen LogP) is 11.6. The van der Waals surface area contributed by atoms with Gasteiger partial charge in [-0.15, -0.1) is 0 Å². The highest BCUT2D eigenvalue weighted by molar-refractivity contribution is 8.00. The van der Waals surface area contributed by atoms with Crippen LogP contribution in [-0.2, 0) is 9.59 Å². The van der Waals surface area contributed by atoms with Gasteiger partial charge in [-0.25, -0.2) is 0 Å². The topological polar surface area (TPSA) is 74.6 Å². The lowest BCUT2D eigenvalue weighted by atomic mass is 9.90. The van der Waals surface area contributed by atoms with Crippen molar-refractivity contribution in [3.63, 3.8) is 0 Å². The zero-order valence-electron chi connectivity index (χ0n) is 26.1. The first-order valence-electron chi connectivity index (χ1n) is 17.0. The van der Waals surface area contributed by atoms with Gasteiger partial charge in [-0.3, -0.25) is 9.59 Å². The molecule has 4 nitrogen and oxygen atoms in total. The average molecular weight is 571 g/mol. The number of thioether (sulfide) groups is 1. The van der Waals surface area contributed by atoms with Crippen molar-refractivity contribution in [3.8, 4) is 0 Å². The van der Waals surface area contributed by atoms with Crippen LogP contribution >= 0.6 is 11.8 Å². The largest absolute Gasteiger partial charge is 0.481 e. The zero-order valence-corrected chi connectivity index (χ0v) is 26.9. The van der Waals surface area contributed by atoms with Gasteiger partial charge in [-0.2, -0.15) is 11.8 Å². The molecule has 0 aliphatic carbocycles. The minimum absolute atomic E-state index is 0.114. The van der Waals surface area contributed by atoms with Crippen molar-refractivity contribution in [1.82, 2.24) is 0 Å². The van der Waals surface area contributed by atoms with Crippen molar-refractivity contribution in [2.45, 2.75) is 198 Å². The second-order valence-corrected chi connectivity index (χ2v) is 13.6. The van der Waals surface area contributed by atoms with Crippen molar-refractivity contribution < 1.29 is 19.8 Å². The van der Waals surface area contributed by atoms with Crippen LogP contribution in [0.5, 0.6) is 0 Å². The molecule has 2 N–H and O–H groups in total. The summed E-state index contributed by atoms with van der Waals surface area (Å²) in [5.41, 5.74) is 0. The van der Waals surface area contributed by atoms with E-state index in [0.29, 0.717) is 5.75 Å². The Morgan fingerprint density at radius 3 is 1.08 bits per heavy atom. The fraction of sp³-hybridized carbons (Fsp3) is 0.941. The van der Waals surface area contributed by atoms with Gasteiger partial charge < -0.3 is 10.2 Å². The third-order valence-electron chi connectivity index (χ3n) is 8.17. The maximum atomic E-state index is 11.8. The number of rotatable bonds is 32. The fourth-order valence-electron chi connectivity index (χ4n) is 5.70. The Balaban J connectivity index is 4.30. The molecule has 0 saturated carbocycles. The Morgan fingerprint density at radius 1 is 0.487 bits per heavy atom. The first kappa shape index (κ1) is 38.3. The molecule has 0 atom stereocenters. The SMILES string of the molecule is CCCCCCCCCCCCCCC(CCCCCCCCCCCCCC)(CC(=O)O)SCCC(=O)O. The van der Waals surface area contributed by atoms with Crippen molar-refractivity contribution in [2.75, 3.05) is 5.75 Å². The Labute approximate surface area is 247 Å². The molecule has 0 aromatic carbocycles. The van der Waals surface area contributed by atoms with E-state index in [-0.39, 0.29) is 17.6 Å². The lowest BCUT2D eigenvalue weighted by Gasteiger charge is -2.32. The van der Waals surface area contributed by atoms with Gasteiger partial charge in [0.25, 0.3) is 0 Å². The highest BCUT2D eigenvalue weighted by Gasteiger charge is 2.32. The van der Waals surface area contributed by atoms with Gasteiger partial charge in [0.2, 0.25) is 0 Å². The molecule has 0 rings (SSSR count). The van der Waals surface area contributed by atoms with E-state index in [1.807, 2.05) is 0 Å². The maximum Gasteiger partial charge on any atom is 0.304 e. The molecular formula is C34H66O4S. The molecule has 39 heavy (non-hydrogen) atoms. The molecule has 0 aliphatic heterocycles. The van der Waals surface area contributed by atoms with Crippen LogP contribution in [0.3, 0.4) is 0 Å². The van der Waals surface area contributed by atoms with Crippen molar-refractivity contribution in [3.05, 3.63) is 0 Å². The molecule has 232 valence electrons. The lowest BCUT2D eigenvalue weighted by molar-refractivity contribution is -0.138. The first-order chi connectivity index (χ1) is 19.0. The van der Waals surface area contributed by atoms with Gasteiger partial charge in [-0.1, -0.05) is 168 Å². The number of hydrogen-bond donors (Lipinski definition) is 2. The van der Waals surface area contributed by atoms with Gasteiger partial charge >= 0.3 is 11.9 Å². The second-order valence-electron chi connectivity index (χ2n) is 12.0. The summed E-state index contributed by atoms with van der Waals surface area (Å²) in [6.45, 7) is 4.53. The van der Waals surface area contributed by atoms with Crippen LogP contribution in [0.2, 0.25) is 0 Å². The normalized spacial score (nSPS) is 11.7. The van der Waals surface area contributed by atoms with Crippen molar-refractivity contribution in [1.29, 1.82) is 0 Å². The molecule has 5 heteroatoms. The summed E-state index contributed by atoms with van der Waals surface area (Å²) in [5, 5.41) is 18.9. The summed E-state index contributed by atoms with van der Waals surface area (Å²) in [5.74, 6) is -1.02. The minimum Gasteiger partial charge on any atom is -0.481 e. The molecule has 0 spiro atoms. The quantitative estimate of drug-likeness (QED) is 0.0787. The maximum absolute atomic E-state index is 11.8. The van der Waals surface area contributed by atoms with Crippen LogP contribution < -0.4 is 0 Å². The Morgan fingerprint density at radius 2 is 0.795 bits per heavy atom. The van der Waals surface area contributed by atoms with Crippen molar-refractivity contribution >= 4 is 23.7 Å². The molecule has 0 fully saturated rings. The van der Waals surface area contributed by atoms with E-state index in [2.05, 4.69) is 13.8 Å². The summed E-state index contributed by atoms with van der Waals surface area (Å²) >= 11 is 1.63. The van der Waals surface area contributed by atoms with Crippen LogP contribution in [-0.4, -0.2) is 32.7 Å². The first-order valence-corrected chi connectivity index (χ1v) is 18.0. The summed E-state index contributed by atoms with van der Waals surface area (Å²) in [6.07, 6.45) is 33.3. The zero-order chi connectivity index (χ0) is 28.9. The molecule has 0 aromatic heterocycles. The number of hydrogen-bond acceptors (Lipinski definition) is 3. The monoisotopic (exact) mass is 570 g/mol. The minimum atomic E-state index is -0.789. The Bertz CT molecular complexity index is 523. The summed E-state index contributed by atoms with van der Waals surface area (Å²) in [6, 6.07) is 0. The van der Waals surface area contributed by atoms with Crippen LogP contribution in [0.4, 0.5) is 0 Å². The van der Waals surface area contributed by atoms with E-state index in [1.165, 1.54) is 128 Å². The molecule has 0 saturated heterocycles. The molecule has 0 radical (unpaired) electrons. The standard InChI is InChI=1S/C34H66O4S/c1-3-5-7-9-11-13-15-17-19-21-23-25-28-34(31-33(37)38,39-30-27-32(35)36)29-26-24-22-20-18-16-14-12-10-8-6-4-2/h3-31H2,1-2H3,(H,35,36)(H,37,38). The number of unbranched alkanes of at least 4 members (excludes halogenated alkanes) is 22. The Hall–Kier alpha value is -0.710. The third-order valence-corrected chi connectivity index (χ3v) is 9.74. The Kier molecular flexibility index (Phi) is 28.3. The fourth-order valence-corrected chi connectivity index (χ4v) is 7.22. The molecule has 0 amide bonds. The number of carbonyl (C=O) groups is 2. The van der Waals surface area contributed by atoms with Gasteiger partial charge in [0.05, 0.1) is 12.8 Å². The molecular weight excluding hydrogens is 504 g/mol. The van der Waals surface area contributed by atoms with Crippen LogP contribution in [0.15, 0.2) is 0 Å². The van der Waals surface area contributed by atoms with Gasteiger partial charge in [0, 0.05) is 10.5 Å². The molecule has 0 aliphatic rings. The number of carboxylic acid groups (broad SMARTS) is 2. The van der Waals surface area contributed by atoms with Crippen molar-refractivity contribution in [2.24, 2.45) is 0 Å². The molecule has 0 heterocycles.